The Morgan fingerprint density at radius 2 is 1.60 bits per heavy atom. The number of rotatable bonds is 7. The molecule has 2 amide bonds. The van der Waals surface area contributed by atoms with Crippen LogP contribution in [0, 0.1) is 21.7 Å². The molecule has 0 aliphatic heterocycles. The van der Waals surface area contributed by atoms with Crippen LogP contribution in [-0.2, 0) is 4.79 Å². The lowest BCUT2D eigenvalue weighted by atomic mass is 9.98. The van der Waals surface area contributed by atoms with Gasteiger partial charge in [-0.1, -0.05) is 35.6 Å². The highest BCUT2D eigenvalue weighted by atomic mass is 32.1. The van der Waals surface area contributed by atoms with Crippen molar-refractivity contribution in [2.75, 3.05) is 6.54 Å². The van der Waals surface area contributed by atoms with Gasteiger partial charge in [0.25, 0.3) is 5.91 Å². The number of nitrogens with zero attached hydrogens (tertiary/aromatic N) is 1. The van der Waals surface area contributed by atoms with Crippen molar-refractivity contribution in [2.24, 2.45) is 0 Å². The molecule has 3 rings (SSSR count). The van der Waals surface area contributed by atoms with Crippen molar-refractivity contribution >= 4 is 28.2 Å². The van der Waals surface area contributed by atoms with Gasteiger partial charge in [0, 0.05) is 6.07 Å². The highest BCUT2D eigenvalue weighted by Crippen LogP contribution is 2.24. The zero-order valence-electron chi connectivity index (χ0n) is 15.3. The molecule has 1 aromatic heterocycles. The predicted octanol–water partition coefficient (Wildman–Crippen LogP) is 3.57. The first-order chi connectivity index (χ1) is 14.3. The van der Waals surface area contributed by atoms with Crippen LogP contribution in [0.5, 0.6) is 0 Å². The number of nitrogens with one attached hydrogen (secondary N) is 2. The summed E-state index contributed by atoms with van der Waals surface area (Å²) >= 11 is 0.685. The van der Waals surface area contributed by atoms with E-state index in [4.69, 9.17) is 0 Å². The van der Waals surface area contributed by atoms with Gasteiger partial charge in [0.15, 0.2) is 0 Å². The Balaban J connectivity index is 1.71. The summed E-state index contributed by atoms with van der Waals surface area (Å²) in [6.45, 7) is -0.425. The molecule has 0 radical (unpaired) electrons. The minimum absolute atomic E-state index is 0.0845. The summed E-state index contributed by atoms with van der Waals surface area (Å²) < 4.78 is 27.3. The zero-order valence-corrected chi connectivity index (χ0v) is 16.1. The van der Waals surface area contributed by atoms with Crippen molar-refractivity contribution in [1.29, 1.82) is 0 Å². The fourth-order valence-corrected chi connectivity index (χ4v) is 3.48. The normalized spacial score (nSPS) is 10.6. The van der Waals surface area contributed by atoms with Crippen molar-refractivity contribution in [2.45, 2.75) is 6.04 Å². The van der Waals surface area contributed by atoms with Gasteiger partial charge >= 0.3 is 5.00 Å². The predicted molar refractivity (Wildman–Crippen MR) is 106 cm³/mol. The standard InChI is InChI=1S/C20H15F2N3O4S/c21-14-5-1-3-12(9-14)19(13-4-2-6-15(22)10-13)24-17(26)11-23-20(27)16-7-8-18(30-16)25(28)29/h1-10,19H,11H2,(H,23,27)(H,24,26). The molecule has 0 spiro atoms. The third-order valence-corrected chi connectivity index (χ3v) is 5.11. The molecule has 0 aliphatic carbocycles. The summed E-state index contributed by atoms with van der Waals surface area (Å²) in [5.41, 5.74) is 0.795. The number of hydrogen-bond acceptors (Lipinski definition) is 5. The quantitative estimate of drug-likeness (QED) is 0.441. The molecule has 30 heavy (non-hydrogen) atoms. The van der Waals surface area contributed by atoms with Crippen LogP contribution in [0.15, 0.2) is 60.7 Å². The van der Waals surface area contributed by atoms with Gasteiger partial charge in [-0.25, -0.2) is 8.78 Å². The van der Waals surface area contributed by atoms with E-state index >= 15 is 0 Å². The van der Waals surface area contributed by atoms with Crippen LogP contribution < -0.4 is 10.6 Å². The van der Waals surface area contributed by atoms with E-state index < -0.39 is 41.0 Å². The highest BCUT2D eigenvalue weighted by molar-refractivity contribution is 7.17. The number of carbonyl (C=O) groups is 2. The minimum atomic E-state index is -0.844. The highest BCUT2D eigenvalue weighted by Gasteiger charge is 2.20. The van der Waals surface area contributed by atoms with Crippen molar-refractivity contribution in [3.63, 3.8) is 0 Å². The molecule has 2 N–H and O–H groups in total. The van der Waals surface area contributed by atoms with Crippen molar-refractivity contribution < 1.29 is 23.3 Å². The first-order valence-electron chi connectivity index (χ1n) is 8.66. The average Bonchev–Trinajstić information content (AvgIpc) is 3.21. The maximum absolute atomic E-state index is 13.7. The molecule has 0 aliphatic rings. The molecule has 0 unspecified atom stereocenters. The van der Waals surface area contributed by atoms with Crippen molar-refractivity contribution in [3.05, 3.63) is 98.4 Å². The first-order valence-corrected chi connectivity index (χ1v) is 9.48. The second-order valence-electron chi connectivity index (χ2n) is 6.19. The molecule has 2 aromatic carbocycles. The molecular formula is C20H15F2N3O4S. The van der Waals surface area contributed by atoms with Crippen LogP contribution in [0.3, 0.4) is 0 Å². The lowest BCUT2D eigenvalue weighted by Gasteiger charge is -2.20. The van der Waals surface area contributed by atoms with E-state index in [1.165, 1.54) is 48.5 Å². The second-order valence-corrected chi connectivity index (χ2v) is 7.25. The van der Waals surface area contributed by atoms with Gasteiger partial charge < -0.3 is 10.6 Å². The Bertz CT molecular complexity index is 1060. The number of benzene rings is 2. The molecule has 7 nitrogen and oxygen atoms in total. The number of amides is 2. The maximum atomic E-state index is 13.7. The number of thiophene rings is 1. The van der Waals surface area contributed by atoms with Gasteiger partial charge in [0.2, 0.25) is 5.91 Å². The van der Waals surface area contributed by atoms with Gasteiger partial charge in [-0.05, 0) is 41.5 Å². The van der Waals surface area contributed by atoms with Gasteiger partial charge in [0.1, 0.15) is 11.6 Å². The Morgan fingerprint density at radius 1 is 1.00 bits per heavy atom. The van der Waals surface area contributed by atoms with Crippen LogP contribution in [0.4, 0.5) is 13.8 Å². The maximum Gasteiger partial charge on any atom is 0.324 e. The Kier molecular flexibility index (Phi) is 6.48. The van der Waals surface area contributed by atoms with E-state index in [1.54, 1.807) is 12.1 Å². The molecule has 10 heteroatoms. The number of carbonyl (C=O) groups excluding carboxylic acids is 2. The summed E-state index contributed by atoms with van der Waals surface area (Å²) in [4.78, 5) is 34.7. The molecule has 0 atom stereocenters. The fourth-order valence-electron chi connectivity index (χ4n) is 2.74. The molecule has 0 saturated heterocycles. The molecule has 154 valence electrons. The van der Waals surface area contributed by atoms with Crippen LogP contribution in [0.2, 0.25) is 0 Å². The summed E-state index contributed by atoms with van der Waals surface area (Å²) in [7, 11) is 0. The van der Waals surface area contributed by atoms with Crippen molar-refractivity contribution in [1.82, 2.24) is 10.6 Å². The third kappa shape index (κ3) is 5.23. The first kappa shape index (κ1) is 21.1. The fraction of sp³-hybridized carbons (Fsp3) is 0.100. The molecular weight excluding hydrogens is 416 g/mol. The third-order valence-electron chi connectivity index (χ3n) is 4.07. The van der Waals surface area contributed by atoms with Crippen molar-refractivity contribution in [3.8, 4) is 0 Å². The molecule has 1 heterocycles. The second kappa shape index (κ2) is 9.23. The molecule has 3 aromatic rings. The minimum Gasteiger partial charge on any atom is -0.344 e. The summed E-state index contributed by atoms with van der Waals surface area (Å²) in [5.74, 6) is -2.28. The van der Waals surface area contributed by atoms with Crippen LogP contribution in [0.25, 0.3) is 0 Å². The lowest BCUT2D eigenvalue weighted by molar-refractivity contribution is -0.380. The number of hydrogen-bond donors (Lipinski definition) is 2. The molecule has 0 bridgehead atoms. The monoisotopic (exact) mass is 431 g/mol. The molecule has 0 fully saturated rings. The van der Waals surface area contributed by atoms with E-state index in [-0.39, 0.29) is 9.88 Å². The van der Waals surface area contributed by atoms with Gasteiger partial charge in [-0.2, -0.15) is 0 Å². The van der Waals surface area contributed by atoms with E-state index in [0.29, 0.717) is 22.5 Å². The lowest BCUT2D eigenvalue weighted by Crippen LogP contribution is -2.38. The summed E-state index contributed by atoms with van der Waals surface area (Å²) in [5, 5.41) is 15.5. The zero-order chi connectivity index (χ0) is 21.7. The topological polar surface area (TPSA) is 101 Å². The van der Waals surface area contributed by atoms with E-state index in [0.717, 1.165) is 0 Å². The Hall–Kier alpha value is -3.66. The van der Waals surface area contributed by atoms with E-state index in [1.807, 2.05) is 0 Å². The van der Waals surface area contributed by atoms with Crippen LogP contribution >= 0.6 is 11.3 Å². The van der Waals surface area contributed by atoms with Gasteiger partial charge in [-0.15, -0.1) is 0 Å². The van der Waals surface area contributed by atoms with Crippen LogP contribution in [-0.4, -0.2) is 23.3 Å². The smallest absolute Gasteiger partial charge is 0.324 e. The Morgan fingerprint density at radius 3 is 2.10 bits per heavy atom. The van der Waals surface area contributed by atoms with E-state index in [2.05, 4.69) is 10.6 Å². The van der Waals surface area contributed by atoms with Gasteiger partial charge in [0.05, 0.1) is 22.4 Å². The average molecular weight is 431 g/mol. The summed E-state index contributed by atoms with van der Waals surface area (Å²) in [6.07, 6.45) is 0. The van der Waals surface area contributed by atoms with Crippen LogP contribution in [0.1, 0.15) is 26.8 Å². The largest absolute Gasteiger partial charge is 0.344 e. The Labute approximate surface area is 173 Å². The molecule has 0 saturated carbocycles. The SMILES string of the molecule is O=C(CNC(=O)c1ccc([N+](=O)[O-])s1)NC(c1cccc(F)c1)c1cccc(F)c1. The van der Waals surface area contributed by atoms with Gasteiger partial charge in [-0.3, -0.25) is 19.7 Å². The number of nitro groups is 1. The number of halogens is 2. The van der Waals surface area contributed by atoms with E-state index in [9.17, 15) is 28.5 Å². The summed E-state index contributed by atoms with van der Waals surface area (Å²) in [6, 6.07) is 12.7.